The monoisotopic (exact) mass is 279 g/mol. The van der Waals surface area contributed by atoms with Crippen LogP contribution in [0.15, 0.2) is 18.3 Å². The van der Waals surface area contributed by atoms with E-state index in [0.717, 1.165) is 0 Å². The third kappa shape index (κ3) is 2.32. The first-order valence-electron chi connectivity index (χ1n) is 3.98. The highest BCUT2D eigenvalue weighted by Gasteiger charge is 2.71. The highest BCUT2D eigenvalue weighted by atomic mass is 35.5. The fraction of sp³-hybridized carbons (Fsp3) is 0.375. The normalized spacial score (nSPS) is 13.9. The van der Waals surface area contributed by atoms with Gasteiger partial charge in [-0.15, -0.1) is 0 Å². The average Bonchev–Trinajstić information content (AvgIpc) is 2.12. The molecule has 0 saturated heterocycles. The summed E-state index contributed by atoms with van der Waals surface area (Å²) in [6.07, 6.45) is -11.2. The van der Waals surface area contributed by atoms with Gasteiger partial charge in [-0.3, -0.25) is 0 Å². The summed E-state index contributed by atoms with van der Waals surface area (Å²) in [4.78, 5) is 3.24. The number of pyridine rings is 1. The first-order chi connectivity index (χ1) is 7.50. The first kappa shape index (κ1) is 14.0. The quantitative estimate of drug-likeness (QED) is 0.633. The number of rotatable bonds is 1. The lowest BCUT2D eigenvalue weighted by Gasteiger charge is -2.32. The molecule has 0 saturated carbocycles. The molecule has 0 spiro atoms. The van der Waals surface area contributed by atoms with E-state index in [4.69, 9.17) is 16.7 Å². The van der Waals surface area contributed by atoms with E-state index in [9.17, 15) is 26.3 Å². The van der Waals surface area contributed by atoms with Gasteiger partial charge in [-0.25, -0.2) is 4.98 Å². The van der Waals surface area contributed by atoms with Crippen LogP contribution in [0.2, 0.25) is 5.15 Å². The van der Waals surface area contributed by atoms with E-state index >= 15 is 0 Å². The van der Waals surface area contributed by atoms with Gasteiger partial charge >= 0.3 is 12.4 Å². The van der Waals surface area contributed by atoms with E-state index in [1.165, 1.54) is 0 Å². The van der Waals surface area contributed by atoms with Crippen LogP contribution in [0.3, 0.4) is 0 Å². The van der Waals surface area contributed by atoms with E-state index in [1.807, 2.05) is 0 Å². The molecule has 0 aliphatic carbocycles. The molecule has 1 aromatic rings. The molecule has 1 heterocycles. The molecule has 0 aliphatic rings. The van der Waals surface area contributed by atoms with Gasteiger partial charge in [-0.05, 0) is 12.1 Å². The smallest absolute Gasteiger partial charge is 0.369 e. The van der Waals surface area contributed by atoms with E-state index in [2.05, 4.69) is 4.98 Å². The van der Waals surface area contributed by atoms with Crippen LogP contribution in [0.25, 0.3) is 0 Å². The molecule has 1 N–H and O–H groups in total. The Morgan fingerprint density at radius 3 is 1.88 bits per heavy atom. The Balaban J connectivity index is 3.46. The minimum atomic E-state index is -5.92. The molecule has 0 fully saturated rings. The second-order valence-corrected chi connectivity index (χ2v) is 3.46. The number of aliphatic hydroxyl groups is 1. The lowest BCUT2D eigenvalue weighted by atomic mass is 9.93. The molecule has 0 aromatic carbocycles. The Bertz CT molecular complexity index is 401. The van der Waals surface area contributed by atoms with Crippen molar-refractivity contribution in [1.29, 1.82) is 0 Å². The lowest BCUT2D eigenvalue weighted by molar-refractivity contribution is -0.376. The summed E-state index contributed by atoms with van der Waals surface area (Å²) in [6, 6.07) is 0.704. The van der Waals surface area contributed by atoms with Crippen molar-refractivity contribution in [3.8, 4) is 0 Å². The van der Waals surface area contributed by atoms with Crippen LogP contribution in [0, 0.1) is 0 Å². The molecule has 0 bridgehead atoms. The number of halogens is 7. The summed E-state index contributed by atoms with van der Waals surface area (Å²) < 4.78 is 74.3. The molecule has 0 atom stereocenters. The minimum absolute atomic E-state index is 0.308. The number of aromatic nitrogens is 1. The van der Waals surface area contributed by atoms with Gasteiger partial charge in [0.05, 0.1) is 0 Å². The third-order valence-electron chi connectivity index (χ3n) is 1.96. The fourth-order valence-corrected chi connectivity index (χ4v) is 1.29. The van der Waals surface area contributed by atoms with Crippen molar-refractivity contribution in [2.24, 2.45) is 0 Å². The molecule has 0 radical (unpaired) electrons. The van der Waals surface area contributed by atoms with Gasteiger partial charge in [-0.1, -0.05) is 11.6 Å². The van der Waals surface area contributed by atoms with Crippen LogP contribution in [0.4, 0.5) is 26.3 Å². The van der Waals surface area contributed by atoms with Gasteiger partial charge < -0.3 is 5.11 Å². The number of alkyl halides is 6. The fourth-order valence-electron chi connectivity index (χ4n) is 1.12. The molecule has 0 unspecified atom stereocenters. The van der Waals surface area contributed by atoms with Gasteiger partial charge in [0.1, 0.15) is 5.15 Å². The van der Waals surface area contributed by atoms with Crippen molar-refractivity contribution < 1.29 is 31.4 Å². The zero-order chi connectivity index (χ0) is 13.5. The Labute approximate surface area is 95.8 Å². The average molecular weight is 280 g/mol. The zero-order valence-corrected chi connectivity index (χ0v) is 8.53. The van der Waals surface area contributed by atoms with Crippen LogP contribution in [-0.2, 0) is 5.60 Å². The van der Waals surface area contributed by atoms with Gasteiger partial charge in [0.2, 0.25) is 0 Å². The van der Waals surface area contributed by atoms with Gasteiger partial charge in [0, 0.05) is 11.8 Å². The summed E-state index contributed by atoms with van der Waals surface area (Å²) in [7, 11) is 0. The maximum absolute atomic E-state index is 12.4. The van der Waals surface area contributed by atoms with E-state index < -0.39 is 28.7 Å². The largest absolute Gasteiger partial charge is 0.430 e. The molecular weight excluding hydrogens is 276 g/mol. The summed E-state index contributed by atoms with van der Waals surface area (Å²) >= 11 is 5.19. The highest BCUT2D eigenvalue weighted by Crippen LogP contribution is 2.50. The molecule has 0 amide bonds. The molecular formula is C8H4ClF6NO. The van der Waals surface area contributed by atoms with Gasteiger partial charge in [-0.2, -0.15) is 26.3 Å². The van der Waals surface area contributed by atoms with Crippen molar-refractivity contribution in [1.82, 2.24) is 4.98 Å². The summed E-state index contributed by atoms with van der Waals surface area (Å²) in [5, 5.41) is 8.36. The van der Waals surface area contributed by atoms with Crippen molar-refractivity contribution >= 4 is 11.6 Å². The SMILES string of the molecule is OC(c1ccnc(Cl)c1)(C(F)(F)F)C(F)(F)F. The lowest BCUT2D eigenvalue weighted by Crippen LogP contribution is -2.53. The maximum Gasteiger partial charge on any atom is 0.430 e. The number of nitrogens with zero attached hydrogens (tertiary/aromatic N) is 1. The number of hydrogen-bond donors (Lipinski definition) is 1. The van der Waals surface area contributed by atoms with Crippen molar-refractivity contribution in [3.63, 3.8) is 0 Å². The van der Waals surface area contributed by atoms with Crippen LogP contribution >= 0.6 is 11.6 Å². The predicted octanol–water partition coefficient (Wildman–Crippen LogP) is 3.05. The standard InChI is InChI=1S/C8H4ClF6NO/c9-5-3-4(1-2-16-5)6(17,7(10,11)12)8(13,14)15/h1-3,17H. The van der Waals surface area contributed by atoms with Crippen molar-refractivity contribution in [3.05, 3.63) is 29.0 Å². The third-order valence-corrected chi connectivity index (χ3v) is 2.17. The van der Waals surface area contributed by atoms with Crippen LogP contribution in [-0.4, -0.2) is 22.4 Å². The second kappa shape index (κ2) is 4.02. The minimum Gasteiger partial charge on any atom is -0.369 e. The van der Waals surface area contributed by atoms with Crippen LogP contribution in [0.1, 0.15) is 5.56 Å². The van der Waals surface area contributed by atoms with E-state index in [-0.39, 0.29) is 0 Å². The van der Waals surface area contributed by atoms with Crippen LogP contribution < -0.4 is 0 Å². The van der Waals surface area contributed by atoms with Crippen LogP contribution in [0.5, 0.6) is 0 Å². The van der Waals surface area contributed by atoms with Crippen molar-refractivity contribution in [2.75, 3.05) is 0 Å². The first-order valence-corrected chi connectivity index (χ1v) is 4.36. The summed E-state index contributed by atoms with van der Waals surface area (Å²) in [6.45, 7) is 0. The zero-order valence-electron chi connectivity index (χ0n) is 7.77. The van der Waals surface area contributed by atoms with Crippen molar-refractivity contribution in [2.45, 2.75) is 18.0 Å². The molecule has 1 aromatic heterocycles. The predicted molar refractivity (Wildman–Crippen MR) is 45.3 cm³/mol. The second-order valence-electron chi connectivity index (χ2n) is 3.07. The topological polar surface area (TPSA) is 33.1 Å². The van der Waals surface area contributed by atoms with Gasteiger partial charge in [0.25, 0.3) is 5.60 Å². The van der Waals surface area contributed by atoms with E-state index in [1.54, 1.807) is 0 Å². The molecule has 0 aliphatic heterocycles. The summed E-state index contributed by atoms with van der Waals surface area (Å²) in [5.41, 5.74) is -6.40. The highest BCUT2D eigenvalue weighted by molar-refractivity contribution is 6.29. The molecule has 17 heavy (non-hydrogen) atoms. The molecule has 96 valence electrons. The molecule has 2 nitrogen and oxygen atoms in total. The molecule has 1 rings (SSSR count). The van der Waals surface area contributed by atoms with Gasteiger partial charge in [0.15, 0.2) is 0 Å². The summed E-state index contributed by atoms with van der Waals surface area (Å²) in [5.74, 6) is 0. The number of hydrogen-bond acceptors (Lipinski definition) is 2. The Hall–Kier alpha value is -1.02. The van der Waals surface area contributed by atoms with E-state index in [0.29, 0.717) is 18.3 Å². The maximum atomic E-state index is 12.4. The Morgan fingerprint density at radius 1 is 1.06 bits per heavy atom. The Kier molecular flexibility index (Phi) is 3.32. The molecule has 9 heteroatoms. The Morgan fingerprint density at radius 2 is 1.53 bits per heavy atom.